The third-order valence-electron chi connectivity index (χ3n) is 6.39. The molecule has 3 aliphatic carbocycles. The number of carbonyl (C=O) groups excluding carboxylic acids is 1. The molecule has 0 aliphatic heterocycles. The second kappa shape index (κ2) is 6.27. The first-order valence-corrected chi connectivity index (χ1v) is 9.48. The van der Waals surface area contributed by atoms with E-state index >= 15 is 0 Å². The molecule has 24 heavy (non-hydrogen) atoms. The maximum Gasteiger partial charge on any atom is 0.220 e. The maximum atomic E-state index is 12.5. The van der Waals surface area contributed by atoms with Gasteiger partial charge in [0.05, 0.1) is 0 Å². The fraction of sp³-hybridized carbons (Fsp3) is 0.571. The molecule has 3 aliphatic rings. The minimum atomic E-state index is 0.220. The van der Waals surface area contributed by atoms with Crippen molar-refractivity contribution in [1.82, 2.24) is 10.3 Å². The summed E-state index contributed by atoms with van der Waals surface area (Å²) in [4.78, 5) is 15.8. The van der Waals surface area contributed by atoms with E-state index in [4.69, 9.17) is 0 Å². The first kappa shape index (κ1) is 15.7. The molecule has 3 saturated carbocycles. The number of H-pyrrole nitrogens is 1. The Hall–Kier alpha value is -1.77. The number of aryl methyl sites for hydroxylation is 1. The van der Waals surface area contributed by atoms with E-state index in [0.717, 1.165) is 35.6 Å². The Morgan fingerprint density at radius 3 is 2.92 bits per heavy atom. The first-order chi connectivity index (χ1) is 11.6. The molecule has 1 aromatic carbocycles. The largest absolute Gasteiger partial charge is 0.361 e. The van der Waals surface area contributed by atoms with Crippen molar-refractivity contribution in [3.8, 4) is 0 Å². The average molecular weight is 324 g/mol. The molecule has 2 N–H and O–H groups in total. The highest BCUT2D eigenvalue weighted by Crippen LogP contribution is 2.53. The Kier molecular flexibility index (Phi) is 4.11. The van der Waals surface area contributed by atoms with E-state index in [-0.39, 0.29) is 5.91 Å². The third-order valence-corrected chi connectivity index (χ3v) is 6.39. The summed E-state index contributed by atoms with van der Waals surface area (Å²) in [6.45, 7) is 4.68. The molecular formula is C21H28N2O. The number of para-hydroxylation sites is 1. The van der Waals surface area contributed by atoms with Gasteiger partial charge in [-0.25, -0.2) is 0 Å². The lowest BCUT2D eigenvalue weighted by Crippen LogP contribution is -2.56. The highest BCUT2D eigenvalue weighted by Gasteiger charge is 2.49. The molecule has 0 saturated heterocycles. The number of hydrogen-bond donors (Lipinski definition) is 2. The molecule has 5 rings (SSSR count). The number of hydrogen-bond acceptors (Lipinski definition) is 1. The highest BCUT2D eigenvalue weighted by atomic mass is 16.1. The Morgan fingerprint density at radius 2 is 2.12 bits per heavy atom. The van der Waals surface area contributed by atoms with Gasteiger partial charge < -0.3 is 10.3 Å². The molecule has 128 valence electrons. The molecule has 3 nitrogen and oxygen atoms in total. The Labute approximate surface area is 144 Å². The van der Waals surface area contributed by atoms with Crippen molar-refractivity contribution in [2.24, 2.45) is 23.7 Å². The molecule has 1 aromatic heterocycles. The number of carbonyl (C=O) groups is 1. The summed E-state index contributed by atoms with van der Waals surface area (Å²) in [5.74, 6) is 3.45. The summed E-state index contributed by atoms with van der Waals surface area (Å²) in [5, 5.41) is 4.59. The fourth-order valence-electron chi connectivity index (χ4n) is 5.25. The first-order valence-electron chi connectivity index (χ1n) is 9.48. The maximum absolute atomic E-state index is 12.5. The van der Waals surface area contributed by atoms with Gasteiger partial charge >= 0.3 is 0 Å². The Morgan fingerprint density at radius 1 is 1.29 bits per heavy atom. The van der Waals surface area contributed by atoms with Crippen molar-refractivity contribution in [3.63, 3.8) is 0 Å². The van der Waals surface area contributed by atoms with Crippen LogP contribution in [0.4, 0.5) is 0 Å². The summed E-state index contributed by atoms with van der Waals surface area (Å²) in [7, 11) is 0. The van der Waals surface area contributed by atoms with E-state index in [1.54, 1.807) is 0 Å². The van der Waals surface area contributed by atoms with E-state index in [1.807, 2.05) is 12.3 Å². The van der Waals surface area contributed by atoms with Crippen LogP contribution in [0.25, 0.3) is 10.9 Å². The monoisotopic (exact) mass is 324 g/mol. The van der Waals surface area contributed by atoms with Crippen molar-refractivity contribution in [2.75, 3.05) is 0 Å². The second-order valence-corrected chi connectivity index (χ2v) is 8.09. The van der Waals surface area contributed by atoms with Crippen molar-refractivity contribution < 1.29 is 4.79 Å². The minimum Gasteiger partial charge on any atom is -0.361 e. The van der Waals surface area contributed by atoms with Crippen molar-refractivity contribution in [3.05, 3.63) is 36.0 Å². The number of aromatic nitrogens is 1. The molecule has 2 bridgehead atoms. The van der Waals surface area contributed by atoms with Crippen LogP contribution in [0, 0.1) is 23.7 Å². The van der Waals surface area contributed by atoms with Gasteiger partial charge in [-0.05, 0) is 61.0 Å². The molecule has 0 radical (unpaired) electrons. The van der Waals surface area contributed by atoms with Crippen LogP contribution in [-0.4, -0.2) is 16.9 Å². The zero-order chi connectivity index (χ0) is 16.7. The van der Waals surface area contributed by atoms with Crippen LogP contribution < -0.4 is 5.32 Å². The molecule has 1 heterocycles. The number of nitrogens with one attached hydrogen (secondary N) is 2. The van der Waals surface area contributed by atoms with Gasteiger partial charge in [-0.3, -0.25) is 4.79 Å². The Bertz CT molecular complexity index is 730. The van der Waals surface area contributed by atoms with Gasteiger partial charge in [0, 0.05) is 29.6 Å². The predicted octanol–water partition coefficient (Wildman–Crippen LogP) is 4.29. The summed E-state index contributed by atoms with van der Waals surface area (Å²) < 4.78 is 0. The standard InChI is InChI=1S/C21H28N2O/c1-13(2)21-14-7-9-19(17(21)11-14)23-20(24)10-8-15-12-22-18-6-4-3-5-16(15)18/h3-6,12-14,17,19,21-22H,7-11H2,1-2H3,(H,23,24). The molecule has 0 spiro atoms. The average Bonchev–Trinajstić information content (AvgIpc) is 2.95. The van der Waals surface area contributed by atoms with Crippen LogP contribution in [0.3, 0.4) is 0 Å². The third kappa shape index (κ3) is 2.74. The van der Waals surface area contributed by atoms with Gasteiger partial charge in [0.15, 0.2) is 0 Å². The lowest BCUT2D eigenvalue weighted by Gasteiger charge is -2.55. The lowest BCUT2D eigenvalue weighted by molar-refractivity contribution is -0.125. The highest BCUT2D eigenvalue weighted by molar-refractivity contribution is 5.84. The normalized spacial score (nSPS) is 28.8. The van der Waals surface area contributed by atoms with Crippen molar-refractivity contribution in [2.45, 2.75) is 52.0 Å². The van der Waals surface area contributed by atoms with Crippen molar-refractivity contribution >= 4 is 16.8 Å². The molecule has 1 amide bonds. The number of aromatic amines is 1. The Balaban J connectivity index is 1.34. The lowest BCUT2D eigenvalue weighted by atomic mass is 9.52. The van der Waals surface area contributed by atoms with Crippen LogP contribution in [-0.2, 0) is 11.2 Å². The molecule has 4 unspecified atom stereocenters. The number of benzene rings is 1. The number of rotatable bonds is 5. The second-order valence-electron chi connectivity index (χ2n) is 8.09. The molecule has 4 atom stereocenters. The summed E-state index contributed by atoms with van der Waals surface area (Å²) in [6, 6.07) is 8.72. The van der Waals surface area contributed by atoms with Gasteiger partial charge in [-0.15, -0.1) is 0 Å². The molecule has 3 fully saturated rings. The molecule has 3 heteroatoms. The van der Waals surface area contributed by atoms with E-state index in [2.05, 4.69) is 42.3 Å². The van der Waals surface area contributed by atoms with Gasteiger partial charge in [0.2, 0.25) is 5.91 Å². The van der Waals surface area contributed by atoms with Gasteiger partial charge in [0.1, 0.15) is 0 Å². The summed E-state index contributed by atoms with van der Waals surface area (Å²) in [6.07, 6.45) is 7.24. The summed E-state index contributed by atoms with van der Waals surface area (Å²) in [5.41, 5.74) is 2.40. The van der Waals surface area contributed by atoms with Gasteiger partial charge in [-0.2, -0.15) is 0 Å². The smallest absolute Gasteiger partial charge is 0.220 e. The zero-order valence-electron chi connectivity index (χ0n) is 14.7. The van der Waals surface area contributed by atoms with Gasteiger partial charge in [0.25, 0.3) is 0 Å². The molecule has 2 aromatic rings. The van der Waals surface area contributed by atoms with Crippen LogP contribution >= 0.6 is 0 Å². The van der Waals surface area contributed by atoms with Crippen molar-refractivity contribution in [1.29, 1.82) is 0 Å². The van der Waals surface area contributed by atoms with Crippen LogP contribution in [0.5, 0.6) is 0 Å². The van der Waals surface area contributed by atoms with Crippen LogP contribution in [0.2, 0.25) is 0 Å². The van der Waals surface area contributed by atoms with Gasteiger partial charge in [-0.1, -0.05) is 32.0 Å². The summed E-state index contributed by atoms with van der Waals surface area (Å²) >= 11 is 0. The van der Waals surface area contributed by atoms with Crippen LogP contribution in [0.15, 0.2) is 30.5 Å². The quantitative estimate of drug-likeness (QED) is 0.847. The zero-order valence-corrected chi connectivity index (χ0v) is 14.7. The topological polar surface area (TPSA) is 44.9 Å². The minimum absolute atomic E-state index is 0.220. The van der Waals surface area contributed by atoms with E-state index in [0.29, 0.717) is 12.5 Å². The number of amides is 1. The molecular weight excluding hydrogens is 296 g/mol. The fourth-order valence-corrected chi connectivity index (χ4v) is 5.25. The SMILES string of the molecule is CC(C)C1C2CCC(NC(=O)CCc3c[nH]c4ccccc34)C1C2. The predicted molar refractivity (Wildman–Crippen MR) is 97.7 cm³/mol. The van der Waals surface area contributed by atoms with E-state index in [9.17, 15) is 4.79 Å². The van der Waals surface area contributed by atoms with E-state index in [1.165, 1.54) is 30.2 Å². The van der Waals surface area contributed by atoms with Crippen LogP contribution in [0.1, 0.15) is 45.1 Å². The van der Waals surface area contributed by atoms with E-state index < -0.39 is 0 Å². The number of fused-ring (bicyclic) bond motifs is 3.